The van der Waals surface area contributed by atoms with Crippen LogP contribution < -0.4 is 16.6 Å². The summed E-state index contributed by atoms with van der Waals surface area (Å²) in [4.78, 5) is 18.2. The Kier molecular flexibility index (Phi) is 5.46. The van der Waals surface area contributed by atoms with Gasteiger partial charge in [-0.25, -0.2) is 15.2 Å². The molecule has 1 aromatic rings. The standard InChI is InChI=1S/C14H22FN5O/c1-10(9-20-7-3-2-4-8-20)18-14(21)11-5-6-17-13(19-16)12(11)15/h5-6,10H,2-4,7-9,16H2,1H3,(H,17,19)(H,18,21). The van der Waals surface area contributed by atoms with Gasteiger partial charge < -0.3 is 15.6 Å². The van der Waals surface area contributed by atoms with Gasteiger partial charge in [-0.2, -0.15) is 0 Å². The summed E-state index contributed by atoms with van der Waals surface area (Å²) >= 11 is 0. The molecule has 1 fully saturated rings. The van der Waals surface area contributed by atoms with E-state index in [0.29, 0.717) is 0 Å². The van der Waals surface area contributed by atoms with E-state index >= 15 is 0 Å². The summed E-state index contributed by atoms with van der Waals surface area (Å²) in [6, 6.07) is 1.30. The number of rotatable bonds is 5. The zero-order valence-corrected chi connectivity index (χ0v) is 12.2. The third-order valence-corrected chi connectivity index (χ3v) is 3.63. The molecule has 7 heteroatoms. The van der Waals surface area contributed by atoms with Gasteiger partial charge in [0.2, 0.25) is 0 Å². The average molecular weight is 295 g/mol. The predicted molar refractivity (Wildman–Crippen MR) is 79.2 cm³/mol. The molecule has 0 aliphatic carbocycles. The van der Waals surface area contributed by atoms with Crippen LogP contribution in [0, 0.1) is 5.82 Å². The molecule has 0 saturated carbocycles. The second-order valence-electron chi connectivity index (χ2n) is 5.40. The highest BCUT2D eigenvalue weighted by Crippen LogP contribution is 2.14. The van der Waals surface area contributed by atoms with Crippen molar-refractivity contribution in [3.05, 3.63) is 23.6 Å². The van der Waals surface area contributed by atoms with Crippen molar-refractivity contribution in [1.29, 1.82) is 0 Å². The SMILES string of the molecule is CC(CN1CCCCC1)NC(=O)c1ccnc(NN)c1F. The molecule has 0 aromatic carbocycles. The number of nitrogens with one attached hydrogen (secondary N) is 2. The minimum Gasteiger partial charge on any atom is -0.348 e. The highest BCUT2D eigenvalue weighted by atomic mass is 19.1. The highest BCUT2D eigenvalue weighted by molar-refractivity contribution is 5.95. The minimum atomic E-state index is -0.734. The Morgan fingerprint density at radius 1 is 1.48 bits per heavy atom. The zero-order chi connectivity index (χ0) is 15.2. The molecular formula is C14H22FN5O. The quantitative estimate of drug-likeness (QED) is 0.560. The van der Waals surface area contributed by atoms with Crippen LogP contribution in [0.1, 0.15) is 36.5 Å². The first-order valence-corrected chi connectivity index (χ1v) is 7.26. The van der Waals surface area contributed by atoms with E-state index in [1.54, 1.807) is 0 Å². The third kappa shape index (κ3) is 4.12. The third-order valence-electron chi connectivity index (χ3n) is 3.63. The Morgan fingerprint density at radius 2 is 2.19 bits per heavy atom. The van der Waals surface area contributed by atoms with Crippen LogP contribution in [0.15, 0.2) is 12.3 Å². The number of nitrogen functional groups attached to an aromatic ring is 1. The number of nitrogens with zero attached hydrogens (tertiary/aromatic N) is 2. The number of amides is 1. The summed E-state index contributed by atoms with van der Waals surface area (Å²) in [5, 5.41) is 2.82. The van der Waals surface area contributed by atoms with E-state index in [-0.39, 0.29) is 17.4 Å². The Labute approximate surface area is 123 Å². The Morgan fingerprint density at radius 3 is 2.86 bits per heavy atom. The maximum Gasteiger partial charge on any atom is 0.254 e. The summed E-state index contributed by atoms with van der Waals surface area (Å²) < 4.78 is 14.0. The maximum atomic E-state index is 14.0. The van der Waals surface area contributed by atoms with E-state index in [2.05, 4.69) is 20.6 Å². The molecule has 1 aliphatic heterocycles. The van der Waals surface area contributed by atoms with Crippen molar-refractivity contribution in [2.75, 3.05) is 25.1 Å². The Hall–Kier alpha value is -1.73. The fraction of sp³-hybridized carbons (Fsp3) is 0.571. The second-order valence-corrected chi connectivity index (χ2v) is 5.40. The largest absolute Gasteiger partial charge is 0.348 e. The molecule has 1 atom stereocenters. The number of hydrogen-bond donors (Lipinski definition) is 3. The van der Waals surface area contributed by atoms with Crippen molar-refractivity contribution in [2.24, 2.45) is 5.84 Å². The first kappa shape index (κ1) is 15.7. The first-order chi connectivity index (χ1) is 10.1. The molecule has 0 radical (unpaired) electrons. The van der Waals surface area contributed by atoms with Crippen LogP contribution in [0.2, 0.25) is 0 Å². The second kappa shape index (κ2) is 7.33. The molecule has 6 nitrogen and oxygen atoms in total. The number of hydrogen-bond acceptors (Lipinski definition) is 5. The number of pyridine rings is 1. The summed E-state index contributed by atoms with van der Waals surface area (Å²) in [5.41, 5.74) is 2.08. The number of carbonyl (C=O) groups is 1. The van der Waals surface area contributed by atoms with E-state index < -0.39 is 11.7 Å². The molecule has 1 saturated heterocycles. The van der Waals surface area contributed by atoms with E-state index in [4.69, 9.17) is 5.84 Å². The lowest BCUT2D eigenvalue weighted by Crippen LogP contribution is -2.43. The van der Waals surface area contributed by atoms with Gasteiger partial charge in [0.15, 0.2) is 11.6 Å². The van der Waals surface area contributed by atoms with E-state index in [9.17, 15) is 9.18 Å². The van der Waals surface area contributed by atoms with Crippen molar-refractivity contribution in [1.82, 2.24) is 15.2 Å². The summed E-state index contributed by atoms with van der Waals surface area (Å²) in [7, 11) is 0. The van der Waals surface area contributed by atoms with Crippen LogP contribution in [-0.4, -0.2) is 41.5 Å². The van der Waals surface area contributed by atoms with Crippen LogP contribution >= 0.6 is 0 Å². The van der Waals surface area contributed by atoms with Crippen LogP contribution in [-0.2, 0) is 0 Å². The number of piperidine rings is 1. The summed E-state index contributed by atoms with van der Waals surface area (Å²) in [6.45, 7) is 4.82. The minimum absolute atomic E-state index is 0.0440. The van der Waals surface area contributed by atoms with Gasteiger partial charge in [-0.15, -0.1) is 0 Å². The van der Waals surface area contributed by atoms with Crippen LogP contribution in [0.25, 0.3) is 0 Å². The van der Waals surface area contributed by atoms with E-state index in [0.717, 1.165) is 19.6 Å². The van der Waals surface area contributed by atoms with E-state index in [1.807, 2.05) is 6.92 Å². The molecular weight excluding hydrogens is 273 g/mol. The monoisotopic (exact) mass is 295 g/mol. The van der Waals surface area contributed by atoms with Gasteiger partial charge in [0, 0.05) is 18.8 Å². The van der Waals surface area contributed by atoms with Gasteiger partial charge in [0.25, 0.3) is 5.91 Å². The normalized spacial score (nSPS) is 17.3. The molecule has 0 spiro atoms. The van der Waals surface area contributed by atoms with Crippen LogP contribution in [0.4, 0.5) is 10.2 Å². The Bertz CT molecular complexity index is 490. The molecule has 2 heterocycles. The predicted octanol–water partition coefficient (Wildman–Crippen LogP) is 1.11. The lowest BCUT2D eigenvalue weighted by Gasteiger charge is -2.29. The molecule has 21 heavy (non-hydrogen) atoms. The maximum absolute atomic E-state index is 14.0. The fourth-order valence-corrected chi connectivity index (χ4v) is 2.60. The van der Waals surface area contributed by atoms with Gasteiger partial charge >= 0.3 is 0 Å². The molecule has 1 aromatic heterocycles. The highest BCUT2D eigenvalue weighted by Gasteiger charge is 2.19. The Balaban J connectivity index is 1.94. The van der Waals surface area contributed by atoms with E-state index in [1.165, 1.54) is 31.5 Å². The van der Waals surface area contributed by atoms with Gasteiger partial charge in [0.1, 0.15) is 0 Å². The molecule has 2 rings (SSSR count). The first-order valence-electron chi connectivity index (χ1n) is 7.26. The van der Waals surface area contributed by atoms with Crippen LogP contribution in [0.3, 0.4) is 0 Å². The summed E-state index contributed by atoms with van der Waals surface area (Å²) in [6.07, 6.45) is 5.02. The van der Waals surface area contributed by atoms with Gasteiger partial charge in [-0.1, -0.05) is 6.42 Å². The number of aromatic nitrogens is 1. The lowest BCUT2D eigenvalue weighted by molar-refractivity contribution is 0.0921. The van der Waals surface area contributed by atoms with Crippen molar-refractivity contribution >= 4 is 11.7 Å². The van der Waals surface area contributed by atoms with Crippen LogP contribution in [0.5, 0.6) is 0 Å². The van der Waals surface area contributed by atoms with Gasteiger partial charge in [-0.05, 0) is 38.9 Å². The lowest BCUT2D eigenvalue weighted by atomic mass is 10.1. The summed E-state index contributed by atoms with van der Waals surface area (Å²) in [5.74, 6) is 3.84. The molecule has 116 valence electrons. The topological polar surface area (TPSA) is 83.3 Å². The fourth-order valence-electron chi connectivity index (χ4n) is 2.60. The average Bonchev–Trinajstić information content (AvgIpc) is 2.48. The van der Waals surface area contributed by atoms with Gasteiger partial charge in [0.05, 0.1) is 5.56 Å². The van der Waals surface area contributed by atoms with Crippen molar-refractivity contribution in [3.63, 3.8) is 0 Å². The number of halogens is 1. The molecule has 4 N–H and O–H groups in total. The number of carbonyl (C=O) groups excluding carboxylic acids is 1. The molecule has 0 bridgehead atoms. The smallest absolute Gasteiger partial charge is 0.254 e. The number of anilines is 1. The number of nitrogens with two attached hydrogens (primary N) is 1. The molecule has 1 amide bonds. The van der Waals surface area contributed by atoms with Gasteiger partial charge in [-0.3, -0.25) is 4.79 Å². The molecule has 1 aliphatic rings. The van der Waals surface area contributed by atoms with Crippen molar-refractivity contribution < 1.29 is 9.18 Å². The number of likely N-dealkylation sites (tertiary alicyclic amines) is 1. The molecule has 1 unspecified atom stereocenters. The van der Waals surface area contributed by atoms with Crippen molar-refractivity contribution in [3.8, 4) is 0 Å². The zero-order valence-electron chi connectivity index (χ0n) is 12.2. The van der Waals surface area contributed by atoms with Crippen molar-refractivity contribution in [2.45, 2.75) is 32.2 Å². The number of hydrazine groups is 1.